The number of benzene rings is 2. The molecule has 3 aromatic rings. The average molecular weight is 677 g/mol. The molecule has 1 aromatic heterocycles. The number of rotatable bonds is 10. The van der Waals surface area contributed by atoms with Gasteiger partial charge in [-0.25, -0.2) is 0 Å². The van der Waals surface area contributed by atoms with Crippen molar-refractivity contribution < 1.29 is 9.59 Å². The predicted octanol–water partition coefficient (Wildman–Crippen LogP) is 8.89. The molecule has 0 spiro atoms. The molecular weight excluding hydrogens is 625 g/mol. The zero-order chi connectivity index (χ0) is 32.9. The molecule has 4 bridgehead atoms. The fraction of sp³-hybridized carbons (Fsp3) is 0.571. The van der Waals surface area contributed by atoms with Crippen LogP contribution in [0.2, 0.25) is 0 Å². The van der Waals surface area contributed by atoms with E-state index in [4.69, 9.17) is 0 Å². The minimum absolute atomic E-state index is 0.0725. The number of hydrogen-bond donors (Lipinski definition) is 2. The number of amides is 2. The van der Waals surface area contributed by atoms with E-state index in [0.29, 0.717) is 34.6 Å². The van der Waals surface area contributed by atoms with Crippen molar-refractivity contribution in [2.75, 3.05) is 13.1 Å². The fourth-order valence-corrected chi connectivity index (χ4v) is 11.8. The maximum Gasteiger partial charge on any atom is 0.262 e. The number of fused-ring (bicyclic) bond motifs is 10. The second kappa shape index (κ2) is 13.6. The third kappa shape index (κ3) is 6.08. The van der Waals surface area contributed by atoms with Gasteiger partial charge in [0.05, 0.1) is 5.56 Å². The van der Waals surface area contributed by atoms with Gasteiger partial charge in [0.15, 0.2) is 0 Å². The highest BCUT2D eigenvalue weighted by atomic mass is 32.1. The molecular formula is C42H52N4O2S. The van der Waals surface area contributed by atoms with Crippen molar-refractivity contribution in [1.82, 2.24) is 20.4 Å². The number of nitrogens with zero attached hydrogens (tertiary/aromatic N) is 2. The molecule has 7 heteroatoms. The molecule has 2 aliphatic carbocycles. The largest absolute Gasteiger partial charge is 0.349 e. The molecule has 2 aromatic carbocycles. The third-order valence-corrected chi connectivity index (χ3v) is 14.4. The highest BCUT2D eigenvalue weighted by Gasteiger charge is 2.44. The topological polar surface area (TPSA) is 64.7 Å². The first kappa shape index (κ1) is 31.9. The highest BCUT2D eigenvalue weighted by Crippen LogP contribution is 2.54. The monoisotopic (exact) mass is 676 g/mol. The smallest absolute Gasteiger partial charge is 0.262 e. The van der Waals surface area contributed by atoms with Crippen molar-refractivity contribution in [3.63, 3.8) is 0 Å². The third-order valence-electron chi connectivity index (χ3n) is 13.5. The van der Waals surface area contributed by atoms with Gasteiger partial charge in [0.1, 0.15) is 4.88 Å². The second-order valence-corrected chi connectivity index (χ2v) is 17.0. The Morgan fingerprint density at radius 1 is 0.551 bits per heavy atom. The lowest BCUT2D eigenvalue weighted by Crippen LogP contribution is -2.40. The Hall–Kier alpha value is -3.00. The Kier molecular flexibility index (Phi) is 8.87. The number of nitrogens with one attached hydrogen (secondary N) is 2. The van der Waals surface area contributed by atoms with Crippen molar-refractivity contribution in [2.45, 2.75) is 126 Å². The van der Waals surface area contributed by atoms with Crippen molar-refractivity contribution in [2.24, 2.45) is 11.8 Å². The molecule has 258 valence electrons. The number of hydrogen-bond acceptors (Lipinski definition) is 5. The van der Waals surface area contributed by atoms with Crippen LogP contribution in [-0.4, -0.2) is 46.8 Å². The van der Waals surface area contributed by atoms with E-state index in [0.717, 1.165) is 37.5 Å². The van der Waals surface area contributed by atoms with Crippen LogP contribution in [0.5, 0.6) is 0 Å². The molecule has 2 saturated carbocycles. The summed E-state index contributed by atoms with van der Waals surface area (Å²) in [7, 11) is 0. The van der Waals surface area contributed by atoms with Crippen LogP contribution < -0.4 is 10.6 Å². The van der Waals surface area contributed by atoms with Gasteiger partial charge in [0.2, 0.25) is 0 Å². The summed E-state index contributed by atoms with van der Waals surface area (Å²) < 4.78 is 0. The van der Waals surface area contributed by atoms with Gasteiger partial charge < -0.3 is 10.6 Å². The number of carbonyl (C=O) groups is 2. The van der Waals surface area contributed by atoms with Crippen LogP contribution in [0.1, 0.15) is 156 Å². The summed E-state index contributed by atoms with van der Waals surface area (Å²) in [5, 5.41) is 8.51. The van der Waals surface area contributed by atoms with Gasteiger partial charge in [0, 0.05) is 36.3 Å². The second-order valence-electron chi connectivity index (χ2n) is 16.1. The summed E-state index contributed by atoms with van der Waals surface area (Å²) in [6.07, 6.45) is 16.6. The molecule has 49 heavy (non-hydrogen) atoms. The molecule has 6 nitrogen and oxygen atoms in total. The van der Waals surface area contributed by atoms with E-state index in [1.165, 1.54) is 88.6 Å². The summed E-state index contributed by atoms with van der Waals surface area (Å²) in [4.78, 5) is 32.9. The Labute approximate surface area is 296 Å². The minimum Gasteiger partial charge on any atom is -0.349 e. The molecule has 4 aliphatic heterocycles. The van der Waals surface area contributed by atoms with Crippen molar-refractivity contribution >= 4 is 23.2 Å². The minimum atomic E-state index is -0.0806. The van der Waals surface area contributed by atoms with Crippen LogP contribution in [0.25, 0.3) is 0 Å². The summed E-state index contributed by atoms with van der Waals surface area (Å²) in [5.41, 5.74) is 6.83. The van der Waals surface area contributed by atoms with Crippen LogP contribution in [0.15, 0.2) is 60.0 Å². The van der Waals surface area contributed by atoms with Crippen molar-refractivity contribution in [3.05, 3.63) is 92.7 Å². The zero-order valence-corrected chi connectivity index (χ0v) is 29.6. The molecule has 4 atom stereocenters. The average Bonchev–Trinajstić information content (AvgIpc) is 3.98. The Morgan fingerprint density at radius 3 is 1.39 bits per heavy atom. The van der Waals surface area contributed by atoms with Gasteiger partial charge >= 0.3 is 0 Å². The van der Waals surface area contributed by atoms with E-state index in [2.05, 4.69) is 69.0 Å². The molecule has 0 unspecified atom stereocenters. The molecule has 2 amide bonds. The van der Waals surface area contributed by atoms with Crippen LogP contribution in [0, 0.1) is 11.8 Å². The van der Waals surface area contributed by atoms with Gasteiger partial charge in [0.25, 0.3) is 11.8 Å². The predicted molar refractivity (Wildman–Crippen MR) is 196 cm³/mol. The lowest BCUT2D eigenvalue weighted by molar-refractivity contribution is 0.0887. The van der Waals surface area contributed by atoms with E-state index < -0.39 is 0 Å². The van der Waals surface area contributed by atoms with E-state index in [9.17, 15) is 9.59 Å². The summed E-state index contributed by atoms with van der Waals surface area (Å²) >= 11 is 1.40. The van der Waals surface area contributed by atoms with Crippen LogP contribution >= 0.6 is 11.3 Å². The molecule has 4 fully saturated rings. The summed E-state index contributed by atoms with van der Waals surface area (Å²) in [6.45, 7) is 2.38. The lowest BCUT2D eigenvalue weighted by atomic mass is 9.83. The van der Waals surface area contributed by atoms with Gasteiger partial charge in [-0.05, 0) is 149 Å². The molecule has 0 radical (unpaired) electrons. The van der Waals surface area contributed by atoms with E-state index >= 15 is 0 Å². The maximum absolute atomic E-state index is 13.4. The zero-order valence-electron chi connectivity index (χ0n) is 28.8. The first-order chi connectivity index (χ1) is 24.1. The molecule has 5 heterocycles. The van der Waals surface area contributed by atoms with Gasteiger partial charge in [-0.15, -0.1) is 11.3 Å². The summed E-state index contributed by atoms with van der Waals surface area (Å²) in [6, 6.07) is 22.9. The first-order valence-corrected chi connectivity index (χ1v) is 20.4. The fourth-order valence-electron chi connectivity index (χ4n) is 11.0. The van der Waals surface area contributed by atoms with Crippen molar-refractivity contribution in [1.29, 1.82) is 0 Å². The molecule has 2 N–H and O–H groups in total. The lowest BCUT2D eigenvalue weighted by Gasteiger charge is -2.31. The van der Waals surface area contributed by atoms with Crippen molar-refractivity contribution in [3.8, 4) is 0 Å². The van der Waals surface area contributed by atoms with Gasteiger partial charge in [-0.3, -0.25) is 19.4 Å². The van der Waals surface area contributed by atoms with E-state index in [1.807, 2.05) is 11.4 Å². The van der Waals surface area contributed by atoms with E-state index in [1.54, 1.807) is 22.3 Å². The molecule has 2 saturated heterocycles. The summed E-state index contributed by atoms with van der Waals surface area (Å²) in [5.74, 6) is 1.32. The standard InChI is InChI=1S/C42H52N4O2S/c47-41(43-29-13-9-27(10-14-29)21-24-45-36-17-18-37(45)32-6-2-1-5-31(32)36)35-23-26-49-40(35)42(48)44-30-15-11-28(12-16-30)22-25-46-38-19-20-39(46)34-8-4-3-7-33(34)38/h1-8,23,26-30,36-39H,9-22,24-25H2,(H,43,47)(H,44,48)/t27?,28?,29?,30?,36-,37+,38-,39+. The Morgan fingerprint density at radius 2 is 0.959 bits per heavy atom. The van der Waals surface area contributed by atoms with E-state index in [-0.39, 0.29) is 23.9 Å². The van der Waals surface area contributed by atoms with Gasteiger partial charge in [-0.2, -0.15) is 0 Å². The SMILES string of the molecule is O=C(NC1CCC(CCN2[C@@H]3CC[C@H]2c2ccccc23)CC1)c1ccsc1C(=O)NC1CCC(CCN2[C@@H]3CC[C@H]2c2ccccc23)CC1. The normalized spacial score (nSPS) is 31.8. The molecule has 9 rings (SSSR count). The molecule has 6 aliphatic rings. The Bertz CT molecular complexity index is 1490. The number of carbonyl (C=O) groups excluding carboxylic acids is 2. The first-order valence-electron chi connectivity index (χ1n) is 19.5. The van der Waals surface area contributed by atoms with Crippen LogP contribution in [0.3, 0.4) is 0 Å². The maximum atomic E-state index is 13.4. The van der Waals surface area contributed by atoms with Crippen LogP contribution in [0.4, 0.5) is 0 Å². The Balaban J connectivity index is 0.703. The highest BCUT2D eigenvalue weighted by molar-refractivity contribution is 7.12. The van der Waals surface area contributed by atoms with Crippen LogP contribution in [-0.2, 0) is 0 Å². The number of thiophene rings is 1. The quantitative estimate of drug-likeness (QED) is 0.225. The van der Waals surface area contributed by atoms with Gasteiger partial charge in [-0.1, -0.05) is 48.5 Å².